The van der Waals surface area contributed by atoms with E-state index in [4.69, 9.17) is 9.15 Å². The fraction of sp³-hybridized carbons (Fsp3) is 0.750. The quantitative estimate of drug-likeness (QED) is 0.745. The predicted octanol–water partition coefficient (Wildman–Crippen LogP) is 2.93. The lowest BCUT2D eigenvalue weighted by Crippen LogP contribution is -2.47. The Bertz CT molecular complexity index is 605. The van der Waals surface area contributed by atoms with Crippen molar-refractivity contribution < 1.29 is 13.9 Å². The van der Waals surface area contributed by atoms with Crippen molar-refractivity contribution in [2.24, 2.45) is 0 Å². The fourth-order valence-electron chi connectivity index (χ4n) is 3.87. The van der Waals surface area contributed by atoms with Crippen molar-refractivity contribution in [3.63, 3.8) is 0 Å². The number of nitrogens with zero attached hydrogens (tertiary/aromatic N) is 3. The molecule has 3 rings (SSSR count). The van der Waals surface area contributed by atoms with Gasteiger partial charge in [0.15, 0.2) is 0 Å². The molecule has 1 spiro atoms. The number of likely N-dealkylation sites (tertiary alicyclic amines) is 1. The maximum atomic E-state index is 12.2. The largest absolute Gasteiger partial charge is 0.466 e. The molecular formula is C20H33N3O3. The van der Waals surface area contributed by atoms with E-state index in [0.717, 1.165) is 70.1 Å². The van der Waals surface area contributed by atoms with Crippen LogP contribution in [0.15, 0.2) is 16.5 Å². The minimum absolute atomic E-state index is 0.137. The summed E-state index contributed by atoms with van der Waals surface area (Å²) >= 11 is 0. The molecule has 2 saturated heterocycles. The van der Waals surface area contributed by atoms with Gasteiger partial charge < -0.3 is 23.9 Å². The summed E-state index contributed by atoms with van der Waals surface area (Å²) in [5.41, 5.74) is -0.260. The highest BCUT2D eigenvalue weighted by molar-refractivity contribution is 5.70. The number of ether oxygens (including phenoxy) is 1. The zero-order valence-electron chi connectivity index (χ0n) is 16.7. The van der Waals surface area contributed by atoms with Crippen LogP contribution in [0.2, 0.25) is 0 Å². The lowest BCUT2D eigenvalue weighted by Gasteiger charge is -2.37. The second-order valence-corrected chi connectivity index (χ2v) is 8.26. The third-order valence-electron chi connectivity index (χ3n) is 5.75. The van der Waals surface area contributed by atoms with E-state index in [2.05, 4.69) is 22.8 Å². The van der Waals surface area contributed by atoms with E-state index in [1.54, 1.807) is 0 Å². The Morgan fingerprint density at radius 2 is 1.96 bits per heavy atom. The molecule has 146 valence electrons. The van der Waals surface area contributed by atoms with Gasteiger partial charge >= 0.3 is 6.09 Å². The molecule has 1 aromatic rings. The van der Waals surface area contributed by atoms with Crippen LogP contribution in [0.1, 0.15) is 43.6 Å². The van der Waals surface area contributed by atoms with Crippen LogP contribution in [0.5, 0.6) is 0 Å². The van der Waals surface area contributed by atoms with E-state index < -0.39 is 0 Å². The summed E-state index contributed by atoms with van der Waals surface area (Å²) in [7, 11) is 4.06. The molecule has 2 fully saturated rings. The van der Waals surface area contributed by atoms with Gasteiger partial charge in [-0.3, -0.25) is 0 Å². The van der Waals surface area contributed by atoms with Crippen LogP contribution >= 0.6 is 0 Å². The molecular weight excluding hydrogens is 330 g/mol. The van der Waals surface area contributed by atoms with E-state index in [9.17, 15) is 4.79 Å². The summed E-state index contributed by atoms with van der Waals surface area (Å²) in [6.45, 7) is 9.65. The number of amides is 1. The van der Waals surface area contributed by atoms with E-state index in [1.807, 2.05) is 32.0 Å². The Balaban J connectivity index is 1.43. The van der Waals surface area contributed by atoms with Gasteiger partial charge in [0.2, 0.25) is 0 Å². The summed E-state index contributed by atoms with van der Waals surface area (Å²) in [5, 5.41) is 0. The first-order chi connectivity index (χ1) is 12.4. The Kier molecular flexibility index (Phi) is 5.92. The summed E-state index contributed by atoms with van der Waals surface area (Å²) in [4.78, 5) is 18.6. The molecule has 3 heterocycles. The number of furan rings is 1. The highest BCUT2D eigenvalue weighted by atomic mass is 16.6. The minimum atomic E-state index is -0.260. The van der Waals surface area contributed by atoms with Crippen molar-refractivity contribution in [1.29, 1.82) is 0 Å². The molecule has 26 heavy (non-hydrogen) atoms. The first-order valence-electron chi connectivity index (χ1n) is 9.78. The van der Waals surface area contributed by atoms with Gasteiger partial charge in [-0.05, 0) is 46.1 Å². The number of hydrogen-bond acceptors (Lipinski definition) is 5. The minimum Gasteiger partial charge on any atom is -0.466 e. The molecule has 1 atom stereocenters. The van der Waals surface area contributed by atoms with Crippen molar-refractivity contribution in [1.82, 2.24) is 14.7 Å². The Morgan fingerprint density at radius 3 is 2.58 bits per heavy atom. The van der Waals surface area contributed by atoms with E-state index in [1.165, 1.54) is 0 Å². The topological polar surface area (TPSA) is 49.2 Å². The third-order valence-corrected chi connectivity index (χ3v) is 5.75. The normalized spacial score (nSPS) is 21.6. The molecule has 1 amide bonds. The summed E-state index contributed by atoms with van der Waals surface area (Å²) < 4.78 is 11.5. The van der Waals surface area contributed by atoms with Gasteiger partial charge in [-0.2, -0.15) is 0 Å². The van der Waals surface area contributed by atoms with Crippen molar-refractivity contribution in [2.75, 3.05) is 53.4 Å². The summed E-state index contributed by atoms with van der Waals surface area (Å²) in [5.74, 6) is 2.50. The molecule has 6 heteroatoms. The van der Waals surface area contributed by atoms with Crippen molar-refractivity contribution in [3.05, 3.63) is 23.7 Å². The van der Waals surface area contributed by atoms with Crippen LogP contribution < -0.4 is 0 Å². The second-order valence-electron chi connectivity index (χ2n) is 8.26. The van der Waals surface area contributed by atoms with E-state index in [-0.39, 0.29) is 11.7 Å². The number of rotatable bonds is 7. The van der Waals surface area contributed by atoms with E-state index >= 15 is 0 Å². The number of piperidine rings is 1. The molecule has 1 aromatic heterocycles. The van der Waals surface area contributed by atoms with Gasteiger partial charge in [0.1, 0.15) is 17.1 Å². The molecule has 2 aliphatic rings. The molecule has 0 bridgehead atoms. The molecule has 0 aromatic carbocycles. The molecule has 0 saturated carbocycles. The zero-order chi connectivity index (χ0) is 18.7. The number of likely N-dealkylation sites (N-methyl/N-ethyl adjacent to an activating group) is 1. The third kappa shape index (κ3) is 4.60. The lowest BCUT2D eigenvalue weighted by atomic mass is 9.91. The predicted molar refractivity (Wildman–Crippen MR) is 101 cm³/mol. The molecule has 0 N–H and O–H groups in total. The van der Waals surface area contributed by atoms with Crippen LogP contribution in [0.3, 0.4) is 0 Å². The molecule has 0 aliphatic carbocycles. The number of hydrogen-bond donors (Lipinski definition) is 0. The summed E-state index contributed by atoms with van der Waals surface area (Å²) in [6, 6.07) is 4.12. The van der Waals surface area contributed by atoms with Crippen molar-refractivity contribution in [2.45, 2.75) is 44.6 Å². The van der Waals surface area contributed by atoms with Gasteiger partial charge in [-0.15, -0.1) is 0 Å². The van der Waals surface area contributed by atoms with Crippen LogP contribution in [-0.4, -0.2) is 79.8 Å². The molecule has 1 unspecified atom stereocenters. The second kappa shape index (κ2) is 8.01. The highest BCUT2D eigenvalue weighted by Crippen LogP contribution is 2.33. The van der Waals surface area contributed by atoms with Gasteiger partial charge in [0.25, 0.3) is 0 Å². The monoisotopic (exact) mass is 363 g/mol. The maximum absolute atomic E-state index is 12.2. The SMILES string of the molecule is Cc1ccc(C(C)CCN2CCC3(CC2)CN(CCN(C)C)C(=O)O3)o1. The average molecular weight is 364 g/mol. The van der Waals surface area contributed by atoms with Crippen LogP contribution in [0.25, 0.3) is 0 Å². The van der Waals surface area contributed by atoms with Crippen molar-refractivity contribution in [3.8, 4) is 0 Å². The number of carbonyl (C=O) groups is 1. The Hall–Kier alpha value is -1.53. The Labute approximate surface area is 157 Å². The van der Waals surface area contributed by atoms with Gasteiger partial charge in [0.05, 0.1) is 6.54 Å². The maximum Gasteiger partial charge on any atom is 0.410 e. The lowest BCUT2D eigenvalue weighted by molar-refractivity contribution is 0.000149. The molecule has 2 aliphatic heterocycles. The van der Waals surface area contributed by atoms with Crippen LogP contribution in [0.4, 0.5) is 4.79 Å². The summed E-state index contributed by atoms with van der Waals surface area (Å²) in [6.07, 6.45) is 2.83. The van der Waals surface area contributed by atoms with Crippen molar-refractivity contribution >= 4 is 6.09 Å². The zero-order valence-corrected chi connectivity index (χ0v) is 16.7. The van der Waals surface area contributed by atoms with Gasteiger partial charge in [-0.1, -0.05) is 6.92 Å². The number of aryl methyl sites for hydroxylation is 1. The Morgan fingerprint density at radius 1 is 1.23 bits per heavy atom. The van der Waals surface area contributed by atoms with Crippen LogP contribution in [0, 0.1) is 6.92 Å². The molecule has 0 radical (unpaired) electrons. The number of carbonyl (C=O) groups excluding carboxylic acids is 1. The average Bonchev–Trinajstić information content (AvgIpc) is 3.16. The first kappa shape index (κ1) is 19.2. The van der Waals surface area contributed by atoms with Crippen LogP contribution in [-0.2, 0) is 4.74 Å². The van der Waals surface area contributed by atoms with Gasteiger partial charge in [-0.25, -0.2) is 4.79 Å². The van der Waals surface area contributed by atoms with Gasteiger partial charge in [0, 0.05) is 44.9 Å². The smallest absolute Gasteiger partial charge is 0.410 e. The first-order valence-corrected chi connectivity index (χ1v) is 9.78. The fourth-order valence-corrected chi connectivity index (χ4v) is 3.87. The standard InChI is InChI=1S/C20H33N3O3/c1-16(18-6-5-17(2)25-18)7-10-22-11-8-20(9-12-22)15-23(19(24)26-20)14-13-21(3)4/h5-6,16H,7-15H2,1-4H3. The van der Waals surface area contributed by atoms with E-state index in [0.29, 0.717) is 5.92 Å². The highest BCUT2D eigenvalue weighted by Gasteiger charge is 2.46. The molecule has 6 nitrogen and oxygen atoms in total.